The van der Waals surface area contributed by atoms with E-state index in [0.29, 0.717) is 16.1 Å². The lowest BCUT2D eigenvalue weighted by Gasteiger charge is -2.30. The Balaban J connectivity index is 1.88. The molecular formula is C24H32ClN3O3S. The van der Waals surface area contributed by atoms with Gasteiger partial charge in [-0.25, -0.2) is 8.42 Å². The summed E-state index contributed by atoms with van der Waals surface area (Å²) < 4.78 is 28.8. The number of hydrogen-bond donors (Lipinski definition) is 1. The monoisotopic (exact) mass is 477 g/mol. The summed E-state index contributed by atoms with van der Waals surface area (Å²) >= 11 is 5.99. The van der Waals surface area contributed by atoms with Gasteiger partial charge in [0.15, 0.2) is 0 Å². The van der Waals surface area contributed by atoms with Crippen LogP contribution < -0.4 is 5.32 Å². The fourth-order valence-corrected chi connectivity index (χ4v) is 6.23. The van der Waals surface area contributed by atoms with Gasteiger partial charge in [-0.2, -0.15) is 4.31 Å². The molecule has 2 aromatic carbocycles. The van der Waals surface area contributed by atoms with Crippen LogP contribution in [0.3, 0.4) is 0 Å². The summed E-state index contributed by atoms with van der Waals surface area (Å²) in [5, 5.41) is 3.61. The average molecular weight is 478 g/mol. The smallest absolute Gasteiger partial charge is 0.244 e. The molecule has 1 N–H and O–H groups in total. The first kappa shape index (κ1) is 24.7. The highest BCUT2D eigenvalue weighted by Crippen LogP contribution is 2.27. The van der Waals surface area contributed by atoms with Gasteiger partial charge in [0.1, 0.15) is 0 Å². The van der Waals surface area contributed by atoms with E-state index in [2.05, 4.69) is 17.3 Å². The standard InChI is InChI=1S/C24H32ClN3O3S/c1-17-13-18(2)24(19(3)14-17)32(30,31)28(15-20-5-7-21(25)8-6-20)16-23(29)26-22-9-11-27(4)12-10-22/h5-8,13-14,22H,9-12,15-16H2,1-4H3,(H,26,29). The zero-order chi connectivity index (χ0) is 23.5. The Hall–Kier alpha value is -1.93. The van der Waals surface area contributed by atoms with Crippen molar-refractivity contribution in [1.82, 2.24) is 14.5 Å². The van der Waals surface area contributed by atoms with E-state index in [9.17, 15) is 13.2 Å². The van der Waals surface area contributed by atoms with Crippen molar-refractivity contribution in [1.29, 1.82) is 0 Å². The molecular weight excluding hydrogens is 446 g/mol. The van der Waals surface area contributed by atoms with Gasteiger partial charge in [0.25, 0.3) is 0 Å². The van der Waals surface area contributed by atoms with Crippen LogP contribution >= 0.6 is 11.6 Å². The van der Waals surface area contributed by atoms with Gasteiger partial charge in [0.05, 0.1) is 11.4 Å². The zero-order valence-corrected chi connectivity index (χ0v) is 20.8. The van der Waals surface area contributed by atoms with Crippen molar-refractivity contribution in [3.05, 3.63) is 63.7 Å². The summed E-state index contributed by atoms with van der Waals surface area (Å²) in [6.45, 7) is 7.23. The molecule has 0 atom stereocenters. The molecule has 3 rings (SSSR count). The molecule has 2 aromatic rings. The molecule has 0 bridgehead atoms. The molecule has 0 aliphatic carbocycles. The highest BCUT2D eigenvalue weighted by Gasteiger charge is 2.30. The first-order chi connectivity index (χ1) is 15.1. The predicted molar refractivity (Wildman–Crippen MR) is 128 cm³/mol. The minimum atomic E-state index is -3.90. The largest absolute Gasteiger partial charge is 0.352 e. The van der Waals surface area contributed by atoms with Gasteiger partial charge >= 0.3 is 0 Å². The van der Waals surface area contributed by atoms with Crippen molar-refractivity contribution in [2.75, 3.05) is 26.7 Å². The second-order valence-corrected chi connectivity index (χ2v) is 11.1. The van der Waals surface area contributed by atoms with Gasteiger partial charge in [-0.3, -0.25) is 4.79 Å². The summed E-state index contributed by atoms with van der Waals surface area (Å²) in [6.07, 6.45) is 1.73. The molecule has 1 fully saturated rings. The quantitative estimate of drug-likeness (QED) is 0.660. The second kappa shape index (κ2) is 10.3. The molecule has 0 spiro atoms. The van der Waals surface area contributed by atoms with E-state index >= 15 is 0 Å². The lowest BCUT2D eigenvalue weighted by Crippen LogP contribution is -2.47. The first-order valence-electron chi connectivity index (χ1n) is 10.9. The van der Waals surface area contributed by atoms with Gasteiger partial charge in [-0.1, -0.05) is 41.4 Å². The summed E-state index contributed by atoms with van der Waals surface area (Å²) in [5.74, 6) is -0.278. The molecule has 1 amide bonds. The van der Waals surface area contributed by atoms with E-state index < -0.39 is 10.0 Å². The Morgan fingerprint density at radius 2 is 1.66 bits per heavy atom. The lowest BCUT2D eigenvalue weighted by atomic mass is 10.1. The van der Waals surface area contributed by atoms with Crippen LogP contribution in [0.2, 0.25) is 5.02 Å². The molecule has 6 nitrogen and oxygen atoms in total. The Labute approximate surface area is 196 Å². The fraction of sp³-hybridized carbons (Fsp3) is 0.458. The molecule has 0 aromatic heterocycles. The summed E-state index contributed by atoms with van der Waals surface area (Å²) in [6, 6.07) is 10.8. The van der Waals surface area contributed by atoms with Crippen molar-refractivity contribution in [2.45, 2.75) is 51.1 Å². The van der Waals surface area contributed by atoms with Crippen LogP contribution in [0.1, 0.15) is 35.1 Å². The molecule has 32 heavy (non-hydrogen) atoms. The Morgan fingerprint density at radius 1 is 1.09 bits per heavy atom. The number of aryl methyl sites for hydroxylation is 3. The topological polar surface area (TPSA) is 69.7 Å². The molecule has 8 heteroatoms. The number of halogens is 1. The molecule has 1 saturated heterocycles. The van der Waals surface area contributed by atoms with Gasteiger partial charge in [-0.15, -0.1) is 0 Å². The van der Waals surface area contributed by atoms with Gasteiger partial charge in [-0.05, 0) is 82.6 Å². The molecule has 1 aliphatic heterocycles. The van der Waals surface area contributed by atoms with E-state index in [-0.39, 0.29) is 29.9 Å². The van der Waals surface area contributed by atoms with Crippen LogP contribution in [-0.4, -0.2) is 56.3 Å². The number of hydrogen-bond acceptors (Lipinski definition) is 4. The number of carbonyl (C=O) groups excluding carboxylic acids is 1. The van der Waals surface area contributed by atoms with Crippen molar-refractivity contribution in [2.24, 2.45) is 0 Å². The first-order valence-corrected chi connectivity index (χ1v) is 12.7. The number of nitrogens with zero attached hydrogens (tertiary/aromatic N) is 2. The van der Waals surface area contributed by atoms with Crippen LogP contribution in [0.5, 0.6) is 0 Å². The third-order valence-electron chi connectivity index (χ3n) is 5.88. The molecule has 1 aliphatic rings. The van der Waals surface area contributed by atoms with E-state index in [1.807, 2.05) is 19.1 Å². The van der Waals surface area contributed by atoms with Crippen LogP contribution in [0.4, 0.5) is 0 Å². The number of amides is 1. The number of sulfonamides is 1. The second-order valence-electron chi connectivity index (χ2n) is 8.77. The summed E-state index contributed by atoms with van der Waals surface area (Å²) in [4.78, 5) is 15.4. The molecule has 0 unspecified atom stereocenters. The number of benzene rings is 2. The highest BCUT2D eigenvalue weighted by molar-refractivity contribution is 7.89. The van der Waals surface area contributed by atoms with Crippen LogP contribution in [-0.2, 0) is 21.4 Å². The highest BCUT2D eigenvalue weighted by atomic mass is 35.5. The summed E-state index contributed by atoms with van der Waals surface area (Å²) in [7, 11) is -1.84. The van der Waals surface area contributed by atoms with Crippen molar-refractivity contribution in [3.8, 4) is 0 Å². The third kappa shape index (κ3) is 6.10. The van der Waals surface area contributed by atoms with Crippen LogP contribution in [0.25, 0.3) is 0 Å². The normalized spacial score (nSPS) is 15.8. The summed E-state index contributed by atoms with van der Waals surface area (Å²) in [5.41, 5.74) is 3.13. The fourth-order valence-electron chi connectivity index (χ4n) is 4.31. The predicted octanol–water partition coefficient (Wildman–Crippen LogP) is 3.67. The van der Waals surface area contributed by atoms with Crippen molar-refractivity contribution >= 4 is 27.5 Å². The number of piperidine rings is 1. The third-order valence-corrected chi connectivity index (χ3v) is 8.23. The molecule has 1 heterocycles. The Kier molecular flexibility index (Phi) is 7.98. The maximum atomic E-state index is 13.7. The van der Waals surface area contributed by atoms with E-state index in [0.717, 1.165) is 37.1 Å². The molecule has 174 valence electrons. The van der Waals surface area contributed by atoms with Crippen molar-refractivity contribution in [3.63, 3.8) is 0 Å². The molecule has 0 saturated carbocycles. The number of carbonyl (C=O) groups is 1. The lowest BCUT2D eigenvalue weighted by molar-refractivity contribution is -0.122. The maximum Gasteiger partial charge on any atom is 0.244 e. The van der Waals surface area contributed by atoms with E-state index in [4.69, 9.17) is 11.6 Å². The van der Waals surface area contributed by atoms with Gasteiger partial charge in [0.2, 0.25) is 15.9 Å². The average Bonchev–Trinajstić information content (AvgIpc) is 2.70. The zero-order valence-electron chi connectivity index (χ0n) is 19.2. The van der Waals surface area contributed by atoms with E-state index in [1.54, 1.807) is 38.1 Å². The number of rotatable bonds is 7. The van der Waals surface area contributed by atoms with Gasteiger partial charge in [0, 0.05) is 17.6 Å². The Bertz CT molecular complexity index is 1040. The Morgan fingerprint density at radius 3 is 2.22 bits per heavy atom. The number of nitrogens with one attached hydrogen (secondary N) is 1. The van der Waals surface area contributed by atoms with E-state index in [1.165, 1.54) is 4.31 Å². The SMILES string of the molecule is Cc1cc(C)c(S(=O)(=O)N(CC(=O)NC2CCN(C)CC2)Cc2ccc(Cl)cc2)c(C)c1. The van der Waals surface area contributed by atoms with Gasteiger partial charge < -0.3 is 10.2 Å². The molecule has 0 radical (unpaired) electrons. The van der Waals surface area contributed by atoms with Crippen LogP contribution in [0.15, 0.2) is 41.3 Å². The van der Waals surface area contributed by atoms with Crippen molar-refractivity contribution < 1.29 is 13.2 Å². The van der Waals surface area contributed by atoms with Crippen LogP contribution in [0, 0.1) is 20.8 Å². The maximum absolute atomic E-state index is 13.7. The minimum Gasteiger partial charge on any atom is -0.352 e. The number of likely N-dealkylation sites (tertiary alicyclic amines) is 1. The minimum absolute atomic E-state index is 0.0710.